The van der Waals surface area contributed by atoms with Gasteiger partial charge in [-0.05, 0) is 19.8 Å². The summed E-state index contributed by atoms with van der Waals surface area (Å²) in [7, 11) is 0. The van der Waals surface area contributed by atoms with Crippen molar-refractivity contribution in [3.8, 4) is 0 Å². The molecule has 0 spiro atoms. The molecule has 82 valence electrons. The van der Waals surface area contributed by atoms with Crippen molar-refractivity contribution >= 4 is 5.78 Å². The average molecular weight is 200 g/mol. The second kappa shape index (κ2) is 6.14. The minimum Gasteiger partial charge on any atom is -0.346 e. The molecule has 1 fully saturated rings. The third-order valence-electron chi connectivity index (χ3n) is 2.61. The molecule has 1 saturated carbocycles. The number of carbonyl (C=O) groups excluding carboxylic acids is 1. The maximum Gasteiger partial charge on any atom is 0.217 e. The Kier molecular flexibility index (Phi) is 5.12. The lowest BCUT2D eigenvalue weighted by Gasteiger charge is -2.26. The first kappa shape index (κ1) is 11.7. The molecule has 0 amide bonds. The lowest BCUT2D eigenvalue weighted by Crippen LogP contribution is -2.30. The molecule has 3 nitrogen and oxygen atoms in total. The summed E-state index contributed by atoms with van der Waals surface area (Å²) in [6, 6.07) is 0. The Morgan fingerprint density at radius 2 is 1.86 bits per heavy atom. The molecule has 1 aliphatic rings. The number of ether oxygens (including phenoxy) is 2. The molecule has 0 aromatic heterocycles. The number of ketones is 1. The minimum absolute atomic E-state index is 0.110. The highest BCUT2D eigenvalue weighted by Crippen LogP contribution is 2.30. The first-order chi connectivity index (χ1) is 6.77. The summed E-state index contributed by atoms with van der Waals surface area (Å²) in [6.45, 7) is 4.81. The van der Waals surface area contributed by atoms with E-state index < -0.39 is 6.29 Å². The van der Waals surface area contributed by atoms with Crippen molar-refractivity contribution < 1.29 is 14.3 Å². The van der Waals surface area contributed by atoms with Crippen LogP contribution in [0.2, 0.25) is 0 Å². The van der Waals surface area contributed by atoms with E-state index >= 15 is 0 Å². The van der Waals surface area contributed by atoms with Crippen LogP contribution < -0.4 is 0 Å². The summed E-state index contributed by atoms with van der Waals surface area (Å²) in [5.41, 5.74) is 0. The van der Waals surface area contributed by atoms with E-state index in [0.29, 0.717) is 25.6 Å². The zero-order valence-electron chi connectivity index (χ0n) is 9.12. The molecule has 0 aliphatic heterocycles. The Morgan fingerprint density at radius 1 is 1.29 bits per heavy atom. The van der Waals surface area contributed by atoms with Crippen molar-refractivity contribution in [1.82, 2.24) is 0 Å². The Bertz CT molecular complexity index is 169. The van der Waals surface area contributed by atoms with Gasteiger partial charge in [0, 0.05) is 19.6 Å². The van der Waals surface area contributed by atoms with Crippen LogP contribution in [0.1, 0.15) is 39.5 Å². The van der Waals surface area contributed by atoms with E-state index in [0.717, 1.165) is 0 Å². The standard InChI is InChI=1S/C11H20O3/c1-3-13-11(14-4-2)10(12)8-9-6-5-7-9/h9,11H,3-8H2,1-2H3. The molecule has 14 heavy (non-hydrogen) atoms. The fourth-order valence-corrected chi connectivity index (χ4v) is 1.61. The third kappa shape index (κ3) is 3.39. The van der Waals surface area contributed by atoms with Gasteiger partial charge in [-0.1, -0.05) is 19.3 Å². The Hall–Kier alpha value is -0.410. The maximum atomic E-state index is 11.7. The fraction of sp³-hybridized carbons (Fsp3) is 0.909. The van der Waals surface area contributed by atoms with E-state index in [1.165, 1.54) is 19.3 Å². The van der Waals surface area contributed by atoms with Gasteiger partial charge >= 0.3 is 0 Å². The number of hydrogen-bond donors (Lipinski definition) is 0. The molecule has 0 bridgehead atoms. The molecule has 1 aliphatic carbocycles. The van der Waals surface area contributed by atoms with Crippen LogP contribution in [0, 0.1) is 5.92 Å². The quantitative estimate of drug-likeness (QED) is 0.591. The van der Waals surface area contributed by atoms with Crippen molar-refractivity contribution in [3.05, 3.63) is 0 Å². The van der Waals surface area contributed by atoms with Crippen molar-refractivity contribution in [2.75, 3.05) is 13.2 Å². The van der Waals surface area contributed by atoms with E-state index in [1.54, 1.807) is 0 Å². The predicted octanol–water partition coefficient (Wildman–Crippen LogP) is 2.14. The van der Waals surface area contributed by atoms with Crippen molar-refractivity contribution in [2.45, 2.75) is 45.8 Å². The van der Waals surface area contributed by atoms with Crippen LogP contribution in [0.25, 0.3) is 0 Å². The normalized spacial score (nSPS) is 17.1. The zero-order chi connectivity index (χ0) is 10.4. The van der Waals surface area contributed by atoms with Crippen molar-refractivity contribution in [3.63, 3.8) is 0 Å². The monoisotopic (exact) mass is 200 g/mol. The minimum atomic E-state index is -0.620. The van der Waals surface area contributed by atoms with E-state index in [9.17, 15) is 4.79 Å². The van der Waals surface area contributed by atoms with Gasteiger partial charge in [0.25, 0.3) is 0 Å². The third-order valence-corrected chi connectivity index (χ3v) is 2.61. The lowest BCUT2D eigenvalue weighted by molar-refractivity contribution is -0.169. The molecule has 0 aromatic carbocycles. The van der Waals surface area contributed by atoms with Crippen LogP contribution in [0.3, 0.4) is 0 Å². The largest absolute Gasteiger partial charge is 0.346 e. The summed E-state index contributed by atoms with van der Waals surface area (Å²) in [6.07, 6.45) is 3.66. The highest BCUT2D eigenvalue weighted by atomic mass is 16.7. The van der Waals surface area contributed by atoms with Gasteiger partial charge in [0.15, 0.2) is 5.78 Å². The molecule has 0 unspecified atom stereocenters. The van der Waals surface area contributed by atoms with Crippen LogP contribution in [-0.4, -0.2) is 25.3 Å². The molecular weight excluding hydrogens is 180 g/mol. The van der Waals surface area contributed by atoms with Gasteiger partial charge in [-0.2, -0.15) is 0 Å². The first-order valence-electron chi connectivity index (χ1n) is 5.53. The number of Topliss-reactive ketones (excluding diaryl/α,β-unsaturated/α-hetero) is 1. The Morgan fingerprint density at radius 3 is 2.21 bits per heavy atom. The molecule has 0 heterocycles. The van der Waals surface area contributed by atoms with Gasteiger partial charge in [-0.25, -0.2) is 0 Å². The zero-order valence-corrected chi connectivity index (χ0v) is 9.12. The fourth-order valence-electron chi connectivity index (χ4n) is 1.61. The summed E-state index contributed by atoms with van der Waals surface area (Å²) < 4.78 is 10.5. The SMILES string of the molecule is CCOC(OCC)C(=O)CC1CCC1. The average Bonchev–Trinajstić information content (AvgIpc) is 2.11. The second-order valence-electron chi connectivity index (χ2n) is 3.71. The van der Waals surface area contributed by atoms with Crippen LogP contribution in [0.5, 0.6) is 0 Å². The van der Waals surface area contributed by atoms with Gasteiger partial charge in [-0.15, -0.1) is 0 Å². The second-order valence-corrected chi connectivity index (χ2v) is 3.71. The molecule has 0 N–H and O–H groups in total. The summed E-state index contributed by atoms with van der Waals surface area (Å²) >= 11 is 0. The number of hydrogen-bond acceptors (Lipinski definition) is 3. The van der Waals surface area contributed by atoms with E-state index in [-0.39, 0.29) is 5.78 Å². The van der Waals surface area contributed by atoms with Crippen LogP contribution in [0.4, 0.5) is 0 Å². The van der Waals surface area contributed by atoms with Crippen molar-refractivity contribution in [2.24, 2.45) is 5.92 Å². The molecule has 3 heteroatoms. The first-order valence-corrected chi connectivity index (χ1v) is 5.53. The molecule has 0 atom stereocenters. The molecule has 0 radical (unpaired) electrons. The predicted molar refractivity (Wildman–Crippen MR) is 54.0 cm³/mol. The van der Waals surface area contributed by atoms with Gasteiger partial charge in [0.2, 0.25) is 6.29 Å². The van der Waals surface area contributed by atoms with Gasteiger partial charge in [0.1, 0.15) is 0 Å². The van der Waals surface area contributed by atoms with Crippen LogP contribution >= 0.6 is 0 Å². The van der Waals surface area contributed by atoms with E-state index in [1.807, 2.05) is 13.8 Å². The molecule has 1 rings (SSSR count). The summed E-state index contributed by atoms with van der Waals surface area (Å²) in [5.74, 6) is 0.698. The summed E-state index contributed by atoms with van der Waals surface area (Å²) in [4.78, 5) is 11.7. The highest BCUT2D eigenvalue weighted by Gasteiger charge is 2.26. The van der Waals surface area contributed by atoms with Gasteiger partial charge in [-0.3, -0.25) is 4.79 Å². The lowest BCUT2D eigenvalue weighted by atomic mass is 9.82. The van der Waals surface area contributed by atoms with Crippen molar-refractivity contribution in [1.29, 1.82) is 0 Å². The van der Waals surface area contributed by atoms with Crippen LogP contribution in [-0.2, 0) is 14.3 Å². The Labute approximate surface area is 85.8 Å². The topological polar surface area (TPSA) is 35.5 Å². The Balaban J connectivity index is 2.28. The smallest absolute Gasteiger partial charge is 0.217 e. The number of carbonyl (C=O) groups is 1. The van der Waals surface area contributed by atoms with E-state index in [4.69, 9.17) is 9.47 Å². The molecular formula is C11H20O3. The number of rotatable bonds is 7. The van der Waals surface area contributed by atoms with Crippen LogP contribution in [0.15, 0.2) is 0 Å². The maximum absolute atomic E-state index is 11.7. The van der Waals surface area contributed by atoms with Gasteiger partial charge < -0.3 is 9.47 Å². The highest BCUT2D eigenvalue weighted by molar-refractivity contribution is 5.82. The summed E-state index contributed by atoms with van der Waals surface area (Å²) in [5, 5.41) is 0. The van der Waals surface area contributed by atoms with E-state index in [2.05, 4.69) is 0 Å². The molecule has 0 saturated heterocycles. The molecule has 0 aromatic rings. The van der Waals surface area contributed by atoms with Gasteiger partial charge in [0.05, 0.1) is 0 Å².